The van der Waals surface area contributed by atoms with Crippen molar-refractivity contribution in [1.29, 1.82) is 5.26 Å². The van der Waals surface area contributed by atoms with Gasteiger partial charge in [0.2, 0.25) is 15.9 Å². The number of likely N-dealkylation sites (N-methyl/N-ethyl adjacent to an activating group) is 1. The average Bonchev–Trinajstić information content (AvgIpc) is 2.66. The van der Waals surface area contributed by atoms with E-state index >= 15 is 0 Å². The van der Waals surface area contributed by atoms with Gasteiger partial charge in [-0.2, -0.15) is 5.26 Å². The molecule has 0 radical (unpaired) electrons. The zero-order valence-corrected chi connectivity index (χ0v) is 16.2. The molecule has 1 aromatic carbocycles. The summed E-state index contributed by atoms with van der Waals surface area (Å²) in [5.74, 6) is -0.144. The van der Waals surface area contributed by atoms with Gasteiger partial charge in [0, 0.05) is 39.0 Å². The Morgan fingerprint density at radius 3 is 2.52 bits per heavy atom. The van der Waals surface area contributed by atoms with Crippen LogP contribution in [-0.4, -0.2) is 50.6 Å². The maximum Gasteiger partial charge on any atom is 0.232 e. The third-order valence-corrected chi connectivity index (χ3v) is 5.30. The molecule has 0 saturated carbocycles. The molecule has 2 rings (SSSR count). The molecule has 8 heteroatoms. The molecule has 0 aliphatic rings. The molecule has 1 amide bonds. The van der Waals surface area contributed by atoms with Crippen LogP contribution in [0.4, 0.5) is 5.69 Å². The van der Waals surface area contributed by atoms with E-state index in [9.17, 15) is 13.2 Å². The number of pyridine rings is 1. The summed E-state index contributed by atoms with van der Waals surface area (Å²) >= 11 is 0. The number of carbonyl (C=O) groups is 1. The van der Waals surface area contributed by atoms with Crippen molar-refractivity contribution in [3.05, 3.63) is 59.9 Å². The molecule has 0 unspecified atom stereocenters. The van der Waals surface area contributed by atoms with Crippen molar-refractivity contribution >= 4 is 21.6 Å². The minimum absolute atomic E-state index is 0.0200. The lowest BCUT2D eigenvalue weighted by molar-refractivity contribution is -0.129. The largest absolute Gasteiger partial charge is 0.345 e. The van der Waals surface area contributed by atoms with Crippen LogP contribution in [0.15, 0.2) is 48.8 Å². The molecule has 142 valence electrons. The molecule has 0 atom stereocenters. The first-order valence-electron chi connectivity index (χ1n) is 8.42. The summed E-state index contributed by atoms with van der Waals surface area (Å²) in [5, 5.41) is 9.01. The van der Waals surface area contributed by atoms with E-state index in [0.717, 1.165) is 16.1 Å². The highest BCUT2D eigenvalue weighted by atomic mass is 32.2. The molecule has 0 saturated heterocycles. The Hall–Kier alpha value is -2.92. The van der Waals surface area contributed by atoms with Gasteiger partial charge in [0.25, 0.3) is 0 Å². The van der Waals surface area contributed by atoms with E-state index in [1.165, 1.54) is 6.07 Å². The zero-order chi connectivity index (χ0) is 19.9. The Balaban J connectivity index is 1.99. The highest BCUT2D eigenvalue weighted by molar-refractivity contribution is 7.92. The van der Waals surface area contributed by atoms with Crippen molar-refractivity contribution < 1.29 is 13.2 Å². The lowest BCUT2D eigenvalue weighted by atomic mass is 10.2. The maximum atomic E-state index is 12.4. The smallest absolute Gasteiger partial charge is 0.232 e. The van der Waals surface area contributed by atoms with Gasteiger partial charge in [-0.3, -0.25) is 14.1 Å². The topological polar surface area (TPSA) is 94.4 Å². The highest BCUT2D eigenvalue weighted by Crippen LogP contribution is 2.19. The normalized spacial score (nSPS) is 10.9. The standard InChI is InChI=1S/C19H22N4O3S/c1-22(12-8-16-6-10-21-11-7-16)19(24)9-13-23(27(2,25)26)18-5-3-4-17(14-18)15-20/h3-7,10-11,14H,8-9,12-13H2,1-2H3. The molecule has 0 fully saturated rings. The highest BCUT2D eigenvalue weighted by Gasteiger charge is 2.20. The number of hydrogen-bond donors (Lipinski definition) is 0. The molecule has 27 heavy (non-hydrogen) atoms. The fourth-order valence-corrected chi connectivity index (χ4v) is 3.50. The second kappa shape index (κ2) is 9.14. The van der Waals surface area contributed by atoms with E-state index in [1.54, 1.807) is 42.5 Å². The summed E-state index contributed by atoms with van der Waals surface area (Å²) in [6.45, 7) is 0.553. The van der Waals surface area contributed by atoms with Gasteiger partial charge >= 0.3 is 0 Å². The van der Waals surface area contributed by atoms with E-state index in [4.69, 9.17) is 5.26 Å². The maximum absolute atomic E-state index is 12.4. The summed E-state index contributed by atoms with van der Waals surface area (Å²) in [7, 11) is -1.87. The molecule has 0 bridgehead atoms. The van der Waals surface area contributed by atoms with Crippen LogP contribution in [-0.2, 0) is 21.2 Å². The number of amides is 1. The molecule has 0 aliphatic heterocycles. The number of sulfonamides is 1. The van der Waals surface area contributed by atoms with Crippen molar-refractivity contribution in [3.63, 3.8) is 0 Å². The van der Waals surface area contributed by atoms with Crippen molar-refractivity contribution in [3.8, 4) is 6.07 Å². The average molecular weight is 386 g/mol. The number of anilines is 1. The monoisotopic (exact) mass is 386 g/mol. The summed E-state index contributed by atoms with van der Waals surface area (Å²) in [6, 6.07) is 12.1. The van der Waals surface area contributed by atoms with Gasteiger partial charge in [-0.25, -0.2) is 8.42 Å². The fraction of sp³-hybridized carbons (Fsp3) is 0.316. The Morgan fingerprint density at radius 2 is 1.89 bits per heavy atom. The number of nitriles is 1. The Bertz CT molecular complexity index is 923. The van der Waals surface area contributed by atoms with Crippen molar-refractivity contribution in [2.75, 3.05) is 30.7 Å². The van der Waals surface area contributed by atoms with Crippen LogP contribution in [0, 0.1) is 11.3 Å². The number of rotatable bonds is 8. The van der Waals surface area contributed by atoms with Crippen LogP contribution in [0.2, 0.25) is 0 Å². The van der Waals surface area contributed by atoms with E-state index in [2.05, 4.69) is 4.98 Å². The first-order chi connectivity index (χ1) is 12.8. The predicted octanol–water partition coefficient (Wildman–Crippen LogP) is 1.81. The molecular formula is C19H22N4O3S. The summed E-state index contributed by atoms with van der Waals surface area (Å²) in [6.07, 6.45) is 5.25. The fourth-order valence-electron chi connectivity index (χ4n) is 2.58. The third kappa shape index (κ3) is 6.08. The van der Waals surface area contributed by atoms with E-state index in [0.29, 0.717) is 24.2 Å². The quantitative estimate of drug-likeness (QED) is 0.690. The van der Waals surface area contributed by atoms with Gasteiger partial charge in [-0.05, 0) is 42.3 Å². The second-order valence-corrected chi connectivity index (χ2v) is 8.07. The first kappa shape index (κ1) is 20.4. The van der Waals surface area contributed by atoms with Crippen molar-refractivity contribution in [2.24, 2.45) is 0 Å². The van der Waals surface area contributed by atoms with Crippen LogP contribution >= 0.6 is 0 Å². The Labute approximate surface area is 159 Å². The summed E-state index contributed by atoms with van der Waals surface area (Å²) in [4.78, 5) is 17.9. The van der Waals surface area contributed by atoms with Crippen molar-refractivity contribution in [1.82, 2.24) is 9.88 Å². The minimum atomic E-state index is -3.57. The molecule has 1 heterocycles. The van der Waals surface area contributed by atoms with Gasteiger partial charge < -0.3 is 4.90 Å². The molecule has 0 N–H and O–H groups in total. The SMILES string of the molecule is CN(CCc1ccncc1)C(=O)CCN(c1cccc(C#N)c1)S(C)(=O)=O. The number of nitrogens with zero attached hydrogens (tertiary/aromatic N) is 4. The number of hydrogen-bond acceptors (Lipinski definition) is 5. The predicted molar refractivity (Wildman–Crippen MR) is 104 cm³/mol. The first-order valence-corrected chi connectivity index (χ1v) is 10.3. The van der Waals surface area contributed by atoms with E-state index < -0.39 is 10.0 Å². The number of carbonyl (C=O) groups excluding carboxylic acids is 1. The molecule has 0 aliphatic carbocycles. The Kier molecular flexibility index (Phi) is 6.91. The second-order valence-electron chi connectivity index (χ2n) is 6.17. The van der Waals surface area contributed by atoms with Gasteiger partial charge in [0.15, 0.2) is 0 Å². The summed E-state index contributed by atoms with van der Waals surface area (Å²) in [5.41, 5.74) is 1.82. The van der Waals surface area contributed by atoms with Crippen LogP contribution < -0.4 is 4.31 Å². The molecular weight excluding hydrogens is 364 g/mol. The number of benzene rings is 1. The Morgan fingerprint density at radius 1 is 1.19 bits per heavy atom. The van der Waals surface area contributed by atoms with Gasteiger partial charge in [0.05, 0.1) is 23.6 Å². The number of aromatic nitrogens is 1. The van der Waals surface area contributed by atoms with Crippen LogP contribution in [0.3, 0.4) is 0 Å². The van der Waals surface area contributed by atoms with Crippen LogP contribution in [0.1, 0.15) is 17.5 Å². The zero-order valence-electron chi connectivity index (χ0n) is 15.4. The third-order valence-electron chi connectivity index (χ3n) is 4.10. The van der Waals surface area contributed by atoms with Crippen LogP contribution in [0.5, 0.6) is 0 Å². The van der Waals surface area contributed by atoms with E-state index in [1.807, 2.05) is 18.2 Å². The van der Waals surface area contributed by atoms with Crippen LogP contribution in [0.25, 0.3) is 0 Å². The van der Waals surface area contributed by atoms with Gasteiger partial charge in [0.1, 0.15) is 0 Å². The van der Waals surface area contributed by atoms with Gasteiger partial charge in [-0.15, -0.1) is 0 Å². The lowest BCUT2D eigenvalue weighted by Crippen LogP contribution is -2.36. The lowest BCUT2D eigenvalue weighted by Gasteiger charge is -2.24. The van der Waals surface area contributed by atoms with E-state index in [-0.39, 0.29) is 18.9 Å². The molecule has 1 aromatic heterocycles. The summed E-state index contributed by atoms with van der Waals surface area (Å²) < 4.78 is 25.4. The van der Waals surface area contributed by atoms with Gasteiger partial charge in [-0.1, -0.05) is 6.07 Å². The minimum Gasteiger partial charge on any atom is -0.345 e. The van der Waals surface area contributed by atoms with Crippen molar-refractivity contribution in [2.45, 2.75) is 12.8 Å². The molecule has 0 spiro atoms. The molecule has 2 aromatic rings. The molecule has 7 nitrogen and oxygen atoms in total.